The van der Waals surface area contributed by atoms with Gasteiger partial charge in [-0.2, -0.15) is 9.78 Å². The lowest BCUT2D eigenvalue weighted by Crippen LogP contribution is -2.46. The number of carbonyl (C=O) groups is 2. The number of nitrogens with zero attached hydrogens (tertiary/aromatic N) is 5. The predicted octanol–water partition coefficient (Wildman–Crippen LogP) is 2.22. The summed E-state index contributed by atoms with van der Waals surface area (Å²) in [7, 11) is 0. The summed E-state index contributed by atoms with van der Waals surface area (Å²) < 4.78 is 13.1. The van der Waals surface area contributed by atoms with Crippen molar-refractivity contribution in [2.75, 3.05) is 84.1 Å². The van der Waals surface area contributed by atoms with Gasteiger partial charge >= 0.3 is 0 Å². The van der Waals surface area contributed by atoms with Crippen molar-refractivity contribution in [1.29, 1.82) is 0 Å². The summed E-state index contributed by atoms with van der Waals surface area (Å²) in [4.78, 5) is 33.4. The van der Waals surface area contributed by atoms with E-state index in [1.807, 2.05) is 23.1 Å². The Labute approximate surface area is 226 Å². The largest absolute Gasteiger partial charge is 0.379 e. The molecule has 1 amide bonds. The third-order valence-electron chi connectivity index (χ3n) is 7.23. The standard InChI is InChI=1S/C25H35ClN6O4S/c26-22-2-1-20(37-22)16-27-23-15-21(28-32(23)25(34)18-30-9-13-36-14-10-30)19-3-5-31(6-4-19)24(33)17-29-7-11-35-12-8-29/h1-2,15,19,27H,3-14,16-18H2. The molecule has 0 atom stereocenters. The van der Waals surface area contributed by atoms with E-state index in [2.05, 4.69) is 15.1 Å². The summed E-state index contributed by atoms with van der Waals surface area (Å²) in [6.45, 7) is 8.53. The minimum Gasteiger partial charge on any atom is -0.379 e. The van der Waals surface area contributed by atoms with Crippen molar-refractivity contribution in [3.63, 3.8) is 0 Å². The molecule has 0 unspecified atom stereocenters. The number of likely N-dealkylation sites (tertiary alicyclic amines) is 1. The van der Waals surface area contributed by atoms with Crippen LogP contribution in [0.2, 0.25) is 4.34 Å². The molecule has 3 aliphatic heterocycles. The van der Waals surface area contributed by atoms with Crippen LogP contribution in [0.4, 0.5) is 5.82 Å². The molecule has 0 aromatic carbocycles. The Balaban J connectivity index is 1.23. The number of halogens is 1. The van der Waals surface area contributed by atoms with Gasteiger partial charge in [-0.1, -0.05) is 11.6 Å². The van der Waals surface area contributed by atoms with Gasteiger partial charge in [0.2, 0.25) is 5.91 Å². The zero-order valence-electron chi connectivity index (χ0n) is 21.1. The minimum atomic E-state index is -0.0574. The number of amides is 1. The Morgan fingerprint density at radius 2 is 1.57 bits per heavy atom. The highest BCUT2D eigenvalue weighted by Crippen LogP contribution is 2.30. The van der Waals surface area contributed by atoms with E-state index in [0.29, 0.717) is 65.0 Å². The number of morpholine rings is 2. The van der Waals surface area contributed by atoms with E-state index in [-0.39, 0.29) is 17.7 Å². The van der Waals surface area contributed by atoms with Crippen molar-refractivity contribution in [1.82, 2.24) is 24.5 Å². The minimum absolute atomic E-state index is 0.0574. The maximum atomic E-state index is 13.3. The highest BCUT2D eigenvalue weighted by atomic mass is 35.5. The van der Waals surface area contributed by atoms with Gasteiger partial charge in [-0.05, 0) is 25.0 Å². The van der Waals surface area contributed by atoms with E-state index in [1.54, 1.807) is 0 Å². The maximum absolute atomic E-state index is 13.3. The van der Waals surface area contributed by atoms with Crippen LogP contribution in [0.5, 0.6) is 0 Å². The number of anilines is 1. The van der Waals surface area contributed by atoms with Gasteiger partial charge in [0.25, 0.3) is 5.91 Å². The third-order valence-corrected chi connectivity index (χ3v) is 8.46. The lowest BCUT2D eigenvalue weighted by atomic mass is 9.93. The molecular weight excluding hydrogens is 516 g/mol. The Hall–Kier alpha value is -2.02. The van der Waals surface area contributed by atoms with Crippen molar-refractivity contribution in [3.05, 3.63) is 33.1 Å². The van der Waals surface area contributed by atoms with Crippen LogP contribution in [0.25, 0.3) is 0 Å². The zero-order valence-corrected chi connectivity index (χ0v) is 22.6. The van der Waals surface area contributed by atoms with Crippen LogP contribution in [-0.4, -0.2) is 115 Å². The smallest absolute Gasteiger partial charge is 0.262 e. The lowest BCUT2D eigenvalue weighted by molar-refractivity contribution is -0.134. The van der Waals surface area contributed by atoms with E-state index >= 15 is 0 Å². The maximum Gasteiger partial charge on any atom is 0.262 e. The number of hydrogen-bond acceptors (Lipinski definition) is 9. The summed E-state index contributed by atoms with van der Waals surface area (Å²) in [5.41, 5.74) is 0.905. The normalized spacial score (nSPS) is 20.3. The van der Waals surface area contributed by atoms with Gasteiger partial charge < -0.3 is 19.7 Å². The van der Waals surface area contributed by atoms with Crippen molar-refractivity contribution in [2.45, 2.75) is 25.3 Å². The fourth-order valence-electron chi connectivity index (χ4n) is 5.03. The number of rotatable bonds is 8. The summed E-state index contributed by atoms with van der Waals surface area (Å²) in [6, 6.07) is 5.87. The average Bonchev–Trinajstić information content (AvgIpc) is 3.55. The first-order valence-corrected chi connectivity index (χ1v) is 14.2. The molecule has 0 spiro atoms. The Morgan fingerprint density at radius 3 is 2.16 bits per heavy atom. The van der Waals surface area contributed by atoms with Crippen LogP contribution in [0.3, 0.4) is 0 Å². The molecule has 5 heterocycles. The van der Waals surface area contributed by atoms with Crippen molar-refractivity contribution in [2.24, 2.45) is 0 Å². The fourth-order valence-corrected chi connectivity index (χ4v) is 6.06. The first-order valence-electron chi connectivity index (χ1n) is 13.0. The average molecular weight is 551 g/mol. The first kappa shape index (κ1) is 26.6. The highest BCUT2D eigenvalue weighted by Gasteiger charge is 2.28. The number of carbonyl (C=O) groups excluding carboxylic acids is 2. The van der Waals surface area contributed by atoms with Gasteiger partial charge in [-0.3, -0.25) is 19.4 Å². The SMILES string of the molecule is O=C(CN1CCOCC1)N1CCC(c2cc(NCc3ccc(Cl)s3)n(C(=O)CN3CCOCC3)n2)CC1. The molecule has 5 rings (SSSR count). The Bertz CT molecular complexity index is 1060. The molecule has 3 fully saturated rings. The molecule has 12 heteroatoms. The molecule has 202 valence electrons. The van der Waals surface area contributed by atoms with Gasteiger partial charge in [0, 0.05) is 56.1 Å². The van der Waals surface area contributed by atoms with Gasteiger partial charge in [-0.15, -0.1) is 11.3 Å². The van der Waals surface area contributed by atoms with Gasteiger partial charge in [-0.25, -0.2) is 0 Å². The monoisotopic (exact) mass is 550 g/mol. The Kier molecular flexibility index (Phi) is 9.11. The molecule has 2 aromatic heterocycles. The molecule has 0 radical (unpaired) electrons. The van der Waals surface area contributed by atoms with Crippen molar-refractivity contribution in [3.8, 4) is 0 Å². The summed E-state index contributed by atoms with van der Waals surface area (Å²) in [5, 5.41) is 8.18. The van der Waals surface area contributed by atoms with Crippen LogP contribution < -0.4 is 5.32 Å². The number of hydrogen-bond donors (Lipinski definition) is 1. The molecule has 0 aliphatic carbocycles. The molecular formula is C25H35ClN6O4S. The summed E-state index contributed by atoms with van der Waals surface area (Å²) >= 11 is 7.61. The summed E-state index contributed by atoms with van der Waals surface area (Å²) in [5.74, 6) is 1.03. The number of piperidine rings is 1. The third kappa shape index (κ3) is 7.10. The number of thiophene rings is 1. The number of aromatic nitrogens is 2. The van der Waals surface area contributed by atoms with E-state index in [9.17, 15) is 9.59 Å². The second kappa shape index (κ2) is 12.7. The number of ether oxygens (including phenoxy) is 2. The van der Waals surface area contributed by atoms with Crippen LogP contribution >= 0.6 is 22.9 Å². The quantitative estimate of drug-likeness (QED) is 0.535. The molecule has 37 heavy (non-hydrogen) atoms. The fraction of sp³-hybridized carbons (Fsp3) is 0.640. The topological polar surface area (TPSA) is 92.2 Å². The first-order chi connectivity index (χ1) is 18.0. The molecule has 0 saturated carbocycles. The zero-order chi connectivity index (χ0) is 25.6. The molecule has 1 N–H and O–H groups in total. The van der Waals surface area contributed by atoms with Gasteiger partial charge in [0.05, 0.1) is 56.1 Å². The van der Waals surface area contributed by atoms with Gasteiger partial charge in [0.15, 0.2) is 0 Å². The predicted molar refractivity (Wildman–Crippen MR) is 143 cm³/mol. The van der Waals surface area contributed by atoms with Gasteiger partial charge in [0.1, 0.15) is 5.82 Å². The number of nitrogens with one attached hydrogen (secondary N) is 1. The molecule has 3 aliphatic rings. The van der Waals surface area contributed by atoms with Crippen LogP contribution in [-0.2, 0) is 20.8 Å². The van der Waals surface area contributed by atoms with E-state index in [4.69, 9.17) is 26.2 Å². The Morgan fingerprint density at radius 1 is 0.946 bits per heavy atom. The second-order valence-electron chi connectivity index (χ2n) is 9.75. The summed E-state index contributed by atoms with van der Waals surface area (Å²) in [6.07, 6.45) is 1.67. The lowest BCUT2D eigenvalue weighted by Gasteiger charge is -2.34. The highest BCUT2D eigenvalue weighted by molar-refractivity contribution is 7.16. The van der Waals surface area contributed by atoms with E-state index in [1.165, 1.54) is 16.0 Å². The van der Waals surface area contributed by atoms with Crippen molar-refractivity contribution >= 4 is 40.6 Å². The molecule has 3 saturated heterocycles. The second-order valence-corrected chi connectivity index (χ2v) is 11.6. The van der Waals surface area contributed by atoms with Crippen LogP contribution in [0.15, 0.2) is 18.2 Å². The van der Waals surface area contributed by atoms with Crippen molar-refractivity contribution < 1.29 is 19.1 Å². The molecule has 2 aromatic rings. The van der Waals surface area contributed by atoms with E-state index in [0.717, 1.165) is 53.9 Å². The van der Waals surface area contributed by atoms with Crippen LogP contribution in [0.1, 0.15) is 34.1 Å². The van der Waals surface area contributed by atoms with Crippen LogP contribution in [0, 0.1) is 0 Å². The van der Waals surface area contributed by atoms with E-state index < -0.39 is 0 Å². The molecule has 10 nitrogen and oxygen atoms in total. The molecule has 0 bridgehead atoms.